The SMILES string of the molecule is CCCNCc1cc(OC2CCCCCC2O)ccc1Br. The molecule has 1 aliphatic rings. The number of hydrogen-bond donors (Lipinski definition) is 2. The van der Waals surface area contributed by atoms with Gasteiger partial charge >= 0.3 is 0 Å². The van der Waals surface area contributed by atoms with Crippen LogP contribution in [0.3, 0.4) is 0 Å². The zero-order chi connectivity index (χ0) is 15.1. The van der Waals surface area contributed by atoms with Gasteiger partial charge in [-0.25, -0.2) is 0 Å². The Bertz CT molecular complexity index is 439. The van der Waals surface area contributed by atoms with E-state index in [0.717, 1.165) is 55.4 Å². The standard InChI is InChI=1S/C17H26BrNO2/c1-2-10-19-12-13-11-14(8-9-15(13)18)21-17-7-5-3-4-6-16(17)20/h8-9,11,16-17,19-20H,2-7,10,12H2,1H3. The smallest absolute Gasteiger partial charge is 0.124 e. The summed E-state index contributed by atoms with van der Waals surface area (Å²) in [5.74, 6) is 0.859. The maximum atomic E-state index is 10.2. The van der Waals surface area contributed by atoms with E-state index in [9.17, 15) is 5.11 Å². The van der Waals surface area contributed by atoms with Crippen LogP contribution < -0.4 is 10.1 Å². The number of halogens is 1. The lowest BCUT2D eigenvalue weighted by Gasteiger charge is -2.22. The first-order valence-electron chi connectivity index (χ1n) is 8.04. The fraction of sp³-hybridized carbons (Fsp3) is 0.647. The number of hydrogen-bond acceptors (Lipinski definition) is 3. The fourth-order valence-electron chi connectivity index (χ4n) is 2.73. The van der Waals surface area contributed by atoms with Gasteiger partial charge in [0, 0.05) is 11.0 Å². The summed E-state index contributed by atoms with van der Waals surface area (Å²) in [5, 5.41) is 13.6. The van der Waals surface area contributed by atoms with Gasteiger partial charge in [-0.1, -0.05) is 35.7 Å². The quantitative estimate of drug-likeness (QED) is 0.598. The summed E-state index contributed by atoms with van der Waals surface area (Å²) in [6.07, 6.45) is 5.97. The second kappa shape index (κ2) is 8.76. The van der Waals surface area contributed by atoms with Gasteiger partial charge < -0.3 is 15.2 Å². The summed E-state index contributed by atoms with van der Waals surface area (Å²) in [4.78, 5) is 0. The first-order chi connectivity index (χ1) is 10.2. The van der Waals surface area contributed by atoms with E-state index in [2.05, 4.69) is 34.2 Å². The average molecular weight is 356 g/mol. The molecule has 0 heterocycles. The van der Waals surface area contributed by atoms with Crippen molar-refractivity contribution in [3.05, 3.63) is 28.2 Å². The van der Waals surface area contributed by atoms with Crippen molar-refractivity contribution in [2.45, 2.75) is 64.2 Å². The predicted octanol–water partition coefficient (Wildman–Crippen LogP) is 4.02. The second-order valence-corrected chi connectivity index (χ2v) is 6.65. The van der Waals surface area contributed by atoms with Crippen LogP contribution in [0, 0.1) is 0 Å². The number of aliphatic hydroxyl groups is 1. The topological polar surface area (TPSA) is 41.5 Å². The summed E-state index contributed by atoms with van der Waals surface area (Å²) in [5.41, 5.74) is 1.20. The van der Waals surface area contributed by atoms with E-state index in [4.69, 9.17) is 4.74 Å². The van der Waals surface area contributed by atoms with Gasteiger partial charge in [-0.3, -0.25) is 0 Å². The number of rotatable bonds is 6. The Balaban J connectivity index is 2.00. The van der Waals surface area contributed by atoms with E-state index in [0.29, 0.717) is 0 Å². The van der Waals surface area contributed by atoms with Crippen molar-refractivity contribution < 1.29 is 9.84 Å². The predicted molar refractivity (Wildman–Crippen MR) is 89.6 cm³/mol. The molecule has 1 aliphatic carbocycles. The molecule has 118 valence electrons. The molecule has 2 N–H and O–H groups in total. The van der Waals surface area contributed by atoms with Crippen LogP contribution in [-0.2, 0) is 6.54 Å². The zero-order valence-electron chi connectivity index (χ0n) is 12.8. The van der Waals surface area contributed by atoms with Gasteiger partial charge in [-0.2, -0.15) is 0 Å². The number of nitrogens with one attached hydrogen (secondary N) is 1. The van der Waals surface area contributed by atoms with Crippen molar-refractivity contribution in [2.75, 3.05) is 6.54 Å². The average Bonchev–Trinajstić information content (AvgIpc) is 2.68. The molecule has 0 amide bonds. The molecule has 0 aliphatic heterocycles. The lowest BCUT2D eigenvalue weighted by atomic mass is 10.1. The van der Waals surface area contributed by atoms with Crippen LogP contribution in [0.1, 0.15) is 51.0 Å². The van der Waals surface area contributed by atoms with Crippen LogP contribution in [0.5, 0.6) is 5.75 Å². The Morgan fingerprint density at radius 2 is 2.10 bits per heavy atom. The maximum Gasteiger partial charge on any atom is 0.124 e. The van der Waals surface area contributed by atoms with Crippen molar-refractivity contribution in [3.63, 3.8) is 0 Å². The molecule has 0 spiro atoms. The third kappa shape index (κ3) is 5.28. The molecule has 0 saturated heterocycles. The van der Waals surface area contributed by atoms with E-state index in [1.165, 1.54) is 12.0 Å². The van der Waals surface area contributed by atoms with E-state index in [1.807, 2.05) is 12.1 Å². The Hall–Kier alpha value is -0.580. The van der Waals surface area contributed by atoms with E-state index in [-0.39, 0.29) is 12.2 Å². The minimum atomic E-state index is -0.335. The second-order valence-electron chi connectivity index (χ2n) is 5.79. The Morgan fingerprint density at radius 1 is 1.29 bits per heavy atom. The first-order valence-corrected chi connectivity index (χ1v) is 8.84. The number of benzene rings is 1. The maximum absolute atomic E-state index is 10.2. The lowest BCUT2D eigenvalue weighted by molar-refractivity contribution is 0.0319. The van der Waals surface area contributed by atoms with Crippen LogP contribution >= 0.6 is 15.9 Å². The Labute approximate surface area is 136 Å². The van der Waals surface area contributed by atoms with Crippen molar-refractivity contribution in [2.24, 2.45) is 0 Å². The molecule has 1 aromatic carbocycles. The fourth-order valence-corrected chi connectivity index (χ4v) is 3.11. The van der Waals surface area contributed by atoms with E-state index >= 15 is 0 Å². The van der Waals surface area contributed by atoms with Crippen LogP contribution in [0.15, 0.2) is 22.7 Å². The van der Waals surface area contributed by atoms with Gasteiger partial charge in [-0.15, -0.1) is 0 Å². The molecule has 4 heteroatoms. The van der Waals surface area contributed by atoms with Crippen LogP contribution in [0.25, 0.3) is 0 Å². The molecule has 1 fully saturated rings. The molecular weight excluding hydrogens is 330 g/mol. The van der Waals surface area contributed by atoms with Crippen molar-refractivity contribution >= 4 is 15.9 Å². The molecular formula is C17H26BrNO2. The molecule has 21 heavy (non-hydrogen) atoms. The summed E-state index contributed by atoms with van der Waals surface area (Å²) in [6, 6.07) is 6.08. The van der Waals surface area contributed by atoms with Gasteiger partial charge in [0.15, 0.2) is 0 Å². The molecule has 3 nitrogen and oxygen atoms in total. The summed E-state index contributed by atoms with van der Waals surface area (Å²) in [7, 11) is 0. The Morgan fingerprint density at radius 3 is 2.90 bits per heavy atom. The van der Waals surface area contributed by atoms with Crippen molar-refractivity contribution in [3.8, 4) is 5.75 Å². The third-order valence-corrected chi connectivity index (χ3v) is 4.74. The van der Waals surface area contributed by atoms with Crippen LogP contribution in [0.4, 0.5) is 0 Å². The minimum absolute atomic E-state index is 0.0647. The van der Waals surface area contributed by atoms with Crippen molar-refractivity contribution in [1.29, 1.82) is 0 Å². The zero-order valence-corrected chi connectivity index (χ0v) is 14.4. The molecule has 1 aromatic rings. The molecule has 0 bridgehead atoms. The van der Waals surface area contributed by atoms with E-state index in [1.54, 1.807) is 0 Å². The monoisotopic (exact) mass is 355 g/mol. The molecule has 2 atom stereocenters. The van der Waals surface area contributed by atoms with Gasteiger partial charge in [0.05, 0.1) is 6.10 Å². The van der Waals surface area contributed by atoms with Crippen molar-refractivity contribution in [1.82, 2.24) is 5.32 Å². The molecule has 2 unspecified atom stereocenters. The largest absolute Gasteiger partial charge is 0.488 e. The number of ether oxygens (including phenoxy) is 1. The highest BCUT2D eigenvalue weighted by molar-refractivity contribution is 9.10. The summed E-state index contributed by atoms with van der Waals surface area (Å²) >= 11 is 3.59. The highest BCUT2D eigenvalue weighted by atomic mass is 79.9. The molecule has 0 radical (unpaired) electrons. The highest BCUT2D eigenvalue weighted by Crippen LogP contribution is 2.27. The normalized spacial score (nSPS) is 22.8. The molecule has 1 saturated carbocycles. The summed E-state index contributed by atoms with van der Waals surface area (Å²) < 4.78 is 7.15. The molecule has 0 aromatic heterocycles. The third-order valence-electron chi connectivity index (χ3n) is 3.96. The van der Waals surface area contributed by atoms with Crippen LogP contribution in [-0.4, -0.2) is 23.9 Å². The van der Waals surface area contributed by atoms with E-state index < -0.39 is 0 Å². The lowest BCUT2D eigenvalue weighted by Crippen LogP contribution is -2.30. The van der Waals surface area contributed by atoms with Crippen LogP contribution in [0.2, 0.25) is 0 Å². The number of aliphatic hydroxyl groups excluding tert-OH is 1. The van der Waals surface area contributed by atoms with Gasteiger partial charge in [-0.05, 0) is 56.0 Å². The van der Waals surface area contributed by atoms with Gasteiger partial charge in [0.25, 0.3) is 0 Å². The first kappa shape index (κ1) is 16.8. The van der Waals surface area contributed by atoms with Gasteiger partial charge in [0.2, 0.25) is 0 Å². The molecule has 2 rings (SSSR count). The highest BCUT2D eigenvalue weighted by Gasteiger charge is 2.23. The summed E-state index contributed by atoms with van der Waals surface area (Å²) in [6.45, 7) is 4.01. The minimum Gasteiger partial charge on any atom is -0.488 e. The Kier molecular flexibility index (Phi) is 7.00. The van der Waals surface area contributed by atoms with Gasteiger partial charge in [0.1, 0.15) is 11.9 Å².